The second kappa shape index (κ2) is 7.08. The molecule has 4 nitrogen and oxygen atoms in total. The van der Waals surface area contributed by atoms with Crippen LogP contribution in [0.1, 0.15) is 79.1 Å². The normalized spacial score (nSPS) is 45.9. The second-order valence-corrected chi connectivity index (χ2v) is 10.1. The van der Waals surface area contributed by atoms with Gasteiger partial charge >= 0.3 is 11.9 Å². The number of hydrogen-bond donors (Lipinski definition) is 0. The smallest absolute Gasteiger partial charge is 0.348 e. The van der Waals surface area contributed by atoms with Gasteiger partial charge in [-0.2, -0.15) is 0 Å². The summed E-state index contributed by atoms with van der Waals surface area (Å²) >= 11 is 0. The molecule has 0 saturated heterocycles. The van der Waals surface area contributed by atoms with Gasteiger partial charge in [-0.3, -0.25) is 4.79 Å². The first kappa shape index (κ1) is 19.3. The first-order chi connectivity index (χ1) is 12.8. The van der Waals surface area contributed by atoms with Crippen molar-refractivity contribution >= 4 is 11.9 Å². The lowest BCUT2D eigenvalue weighted by atomic mass is 9.74. The van der Waals surface area contributed by atoms with Crippen LogP contribution < -0.4 is 0 Å². The summed E-state index contributed by atoms with van der Waals surface area (Å²) in [5.74, 6) is 3.95. The molecule has 0 aromatic heterocycles. The van der Waals surface area contributed by atoms with Crippen molar-refractivity contribution in [3.05, 3.63) is 0 Å². The van der Waals surface area contributed by atoms with E-state index >= 15 is 0 Å². The Hall–Kier alpha value is -1.06. The number of fused-ring (bicyclic) bond motifs is 4. The highest BCUT2D eigenvalue weighted by Crippen LogP contribution is 2.57. The van der Waals surface area contributed by atoms with Gasteiger partial charge < -0.3 is 9.47 Å². The molecular formula is C23H36O4. The summed E-state index contributed by atoms with van der Waals surface area (Å²) in [6, 6.07) is 0. The van der Waals surface area contributed by atoms with Gasteiger partial charge in [0.15, 0.2) is 6.10 Å². The van der Waals surface area contributed by atoms with E-state index in [4.69, 9.17) is 9.47 Å². The van der Waals surface area contributed by atoms with Crippen LogP contribution in [0.25, 0.3) is 0 Å². The summed E-state index contributed by atoms with van der Waals surface area (Å²) in [7, 11) is 0. The summed E-state index contributed by atoms with van der Waals surface area (Å²) < 4.78 is 11.7. The Kier molecular flexibility index (Phi) is 5.05. The fourth-order valence-corrected chi connectivity index (χ4v) is 7.32. The van der Waals surface area contributed by atoms with Gasteiger partial charge in [0, 0.05) is 6.92 Å². The summed E-state index contributed by atoms with van der Waals surface area (Å²) in [6.07, 6.45) is 7.88. The molecule has 4 fully saturated rings. The van der Waals surface area contributed by atoms with Gasteiger partial charge in [0.05, 0.1) is 0 Å². The molecule has 0 aliphatic heterocycles. The molecule has 0 aromatic carbocycles. The van der Waals surface area contributed by atoms with Crippen molar-refractivity contribution in [1.82, 2.24) is 0 Å². The molecule has 4 aliphatic carbocycles. The molecule has 4 heteroatoms. The minimum absolute atomic E-state index is 0.289. The van der Waals surface area contributed by atoms with Gasteiger partial charge in [0.2, 0.25) is 0 Å². The van der Waals surface area contributed by atoms with E-state index < -0.39 is 6.10 Å². The van der Waals surface area contributed by atoms with E-state index in [1.165, 1.54) is 39.0 Å². The highest BCUT2D eigenvalue weighted by molar-refractivity contribution is 5.79. The zero-order chi connectivity index (χ0) is 19.3. The Labute approximate surface area is 163 Å². The number of esters is 2. The third-order valence-corrected chi connectivity index (χ3v) is 8.94. The summed E-state index contributed by atoms with van der Waals surface area (Å²) in [4.78, 5) is 24.8. The van der Waals surface area contributed by atoms with E-state index in [-0.39, 0.29) is 17.5 Å². The minimum Gasteiger partial charge on any atom is -0.456 e. The number of rotatable bonds is 6. The Morgan fingerprint density at radius 2 is 1.89 bits per heavy atom. The molecule has 9 atom stereocenters. The van der Waals surface area contributed by atoms with Crippen LogP contribution in [0.4, 0.5) is 0 Å². The number of carbonyl (C=O) groups is 2. The zero-order valence-corrected chi connectivity index (χ0v) is 17.4. The predicted octanol–water partition coefficient (Wildman–Crippen LogP) is 4.75. The van der Waals surface area contributed by atoms with Crippen LogP contribution in [0.2, 0.25) is 0 Å². The standard InChI is InChI=1S/C23H36O4/c1-5-23(12-16-6-7-19(23)8-16)27-22(25)21(26-15(4)24)11-18-9-17-10-20(18)14(3)13(17)2/h13-14,16-21H,5-12H2,1-4H3. The Balaban J connectivity index is 1.44. The van der Waals surface area contributed by atoms with Crippen LogP contribution in [0.5, 0.6) is 0 Å². The van der Waals surface area contributed by atoms with Gasteiger partial charge in [0.1, 0.15) is 5.60 Å². The van der Waals surface area contributed by atoms with E-state index in [0.29, 0.717) is 36.0 Å². The highest BCUT2D eigenvalue weighted by atomic mass is 16.6. The van der Waals surface area contributed by atoms with Crippen molar-refractivity contribution in [2.75, 3.05) is 0 Å². The Morgan fingerprint density at radius 3 is 2.41 bits per heavy atom. The molecule has 9 unspecified atom stereocenters. The third kappa shape index (κ3) is 3.31. The SMILES string of the molecule is CCC1(OC(=O)C(CC2CC3CC2C(C)C3C)OC(C)=O)CC2CCC1C2. The largest absolute Gasteiger partial charge is 0.456 e. The summed E-state index contributed by atoms with van der Waals surface area (Å²) in [5, 5.41) is 0. The van der Waals surface area contributed by atoms with Crippen LogP contribution >= 0.6 is 0 Å². The van der Waals surface area contributed by atoms with Crippen molar-refractivity contribution in [2.45, 2.75) is 90.8 Å². The molecule has 0 radical (unpaired) electrons. The summed E-state index contributed by atoms with van der Waals surface area (Å²) in [5.41, 5.74) is -0.311. The maximum Gasteiger partial charge on any atom is 0.348 e. The Bertz CT molecular complexity index is 599. The first-order valence-corrected chi connectivity index (χ1v) is 11.2. The van der Waals surface area contributed by atoms with Crippen molar-refractivity contribution in [3.8, 4) is 0 Å². The molecule has 4 rings (SSSR count). The number of hydrogen-bond acceptors (Lipinski definition) is 4. The van der Waals surface area contributed by atoms with Crippen LogP contribution in [0.3, 0.4) is 0 Å². The van der Waals surface area contributed by atoms with Crippen molar-refractivity contribution in [2.24, 2.45) is 41.4 Å². The highest BCUT2D eigenvalue weighted by Gasteiger charge is 2.54. The van der Waals surface area contributed by atoms with Gasteiger partial charge in [-0.15, -0.1) is 0 Å². The fraction of sp³-hybridized carbons (Fsp3) is 0.913. The van der Waals surface area contributed by atoms with Gasteiger partial charge in [0.25, 0.3) is 0 Å². The molecule has 27 heavy (non-hydrogen) atoms. The van der Waals surface area contributed by atoms with Crippen molar-refractivity contribution in [1.29, 1.82) is 0 Å². The average molecular weight is 377 g/mol. The van der Waals surface area contributed by atoms with Crippen molar-refractivity contribution < 1.29 is 19.1 Å². The van der Waals surface area contributed by atoms with Crippen LogP contribution in [-0.2, 0) is 19.1 Å². The maximum atomic E-state index is 13.1. The maximum absolute atomic E-state index is 13.1. The molecule has 0 N–H and O–H groups in total. The molecule has 0 heterocycles. The van der Waals surface area contributed by atoms with E-state index in [1.54, 1.807) is 0 Å². The molecule has 152 valence electrons. The van der Waals surface area contributed by atoms with Gasteiger partial charge in [-0.25, -0.2) is 4.79 Å². The lowest BCUT2D eigenvalue weighted by Crippen LogP contribution is -2.44. The molecule has 0 amide bonds. The lowest BCUT2D eigenvalue weighted by molar-refractivity contribution is -0.185. The van der Waals surface area contributed by atoms with Crippen LogP contribution in [0.15, 0.2) is 0 Å². The third-order valence-electron chi connectivity index (χ3n) is 8.94. The van der Waals surface area contributed by atoms with Crippen LogP contribution in [-0.4, -0.2) is 23.6 Å². The van der Waals surface area contributed by atoms with E-state index in [9.17, 15) is 9.59 Å². The van der Waals surface area contributed by atoms with E-state index in [0.717, 1.165) is 24.7 Å². The average Bonchev–Trinajstić information content (AvgIpc) is 3.37. The molecule has 0 spiro atoms. The fourth-order valence-electron chi connectivity index (χ4n) is 7.32. The quantitative estimate of drug-likeness (QED) is 0.628. The second-order valence-electron chi connectivity index (χ2n) is 10.1. The first-order valence-electron chi connectivity index (χ1n) is 11.2. The monoisotopic (exact) mass is 376 g/mol. The zero-order valence-electron chi connectivity index (χ0n) is 17.4. The Morgan fingerprint density at radius 1 is 1.11 bits per heavy atom. The molecular weight excluding hydrogens is 340 g/mol. The molecule has 4 aliphatic rings. The predicted molar refractivity (Wildman–Crippen MR) is 103 cm³/mol. The summed E-state index contributed by atoms with van der Waals surface area (Å²) in [6.45, 7) is 8.25. The van der Waals surface area contributed by atoms with Gasteiger partial charge in [-0.1, -0.05) is 20.8 Å². The van der Waals surface area contributed by atoms with Crippen LogP contribution in [0, 0.1) is 41.4 Å². The van der Waals surface area contributed by atoms with E-state index in [1.807, 2.05) is 0 Å². The van der Waals surface area contributed by atoms with Gasteiger partial charge in [-0.05, 0) is 92.8 Å². The molecule has 4 saturated carbocycles. The van der Waals surface area contributed by atoms with Crippen molar-refractivity contribution in [3.63, 3.8) is 0 Å². The molecule has 0 aromatic rings. The molecule has 4 bridgehead atoms. The minimum atomic E-state index is -0.725. The lowest BCUT2D eigenvalue weighted by Gasteiger charge is -2.38. The number of ether oxygens (including phenoxy) is 2. The number of carbonyl (C=O) groups excluding carboxylic acids is 2. The topological polar surface area (TPSA) is 52.6 Å². The van der Waals surface area contributed by atoms with E-state index in [2.05, 4.69) is 20.8 Å².